The van der Waals surface area contributed by atoms with Crippen LogP contribution in [0.1, 0.15) is 80.6 Å². The van der Waals surface area contributed by atoms with Crippen LogP contribution in [0.5, 0.6) is 0 Å². The molecular weight excluding hydrogens is 348 g/mol. The van der Waals surface area contributed by atoms with Crippen molar-refractivity contribution in [1.82, 2.24) is 30.0 Å². The van der Waals surface area contributed by atoms with Crippen LogP contribution in [0.4, 0.5) is 4.79 Å². The Labute approximate surface area is 157 Å². The van der Waals surface area contributed by atoms with Gasteiger partial charge in [0.25, 0.3) is 0 Å². The number of aromatic nitrogens is 4. The fraction of sp³-hybridized carbons (Fsp3) is 0.667. The maximum absolute atomic E-state index is 12.9. The molecule has 1 N–H and O–H groups in total. The summed E-state index contributed by atoms with van der Waals surface area (Å²) >= 11 is 1.58. The second-order valence-electron chi connectivity index (χ2n) is 7.20. The Kier molecular flexibility index (Phi) is 4.93. The molecule has 2 aliphatic rings. The van der Waals surface area contributed by atoms with Crippen LogP contribution in [0.3, 0.4) is 0 Å². The van der Waals surface area contributed by atoms with Gasteiger partial charge >= 0.3 is 6.03 Å². The summed E-state index contributed by atoms with van der Waals surface area (Å²) < 4.78 is 2.25. The largest absolute Gasteiger partial charge is 0.329 e. The van der Waals surface area contributed by atoms with Gasteiger partial charge in [-0.2, -0.15) is 0 Å². The molecular formula is C18H26N6OS. The highest BCUT2D eigenvalue weighted by molar-refractivity contribution is 7.09. The van der Waals surface area contributed by atoms with Crippen molar-refractivity contribution >= 4 is 17.4 Å². The third kappa shape index (κ3) is 3.11. The minimum atomic E-state index is -0.0693. The smallest absolute Gasteiger partial charge is 0.318 e. The summed E-state index contributed by atoms with van der Waals surface area (Å²) in [6.45, 7) is 5.57. The number of nitrogens with one attached hydrogen (secondary N) is 1. The molecule has 0 bridgehead atoms. The quantitative estimate of drug-likeness (QED) is 0.887. The Bertz CT molecular complexity index is 752. The lowest BCUT2D eigenvalue weighted by Gasteiger charge is -2.35. The maximum atomic E-state index is 12.9. The zero-order valence-corrected chi connectivity index (χ0v) is 16.2. The molecule has 1 aliphatic heterocycles. The number of thiazole rings is 1. The van der Waals surface area contributed by atoms with Crippen molar-refractivity contribution < 1.29 is 4.79 Å². The van der Waals surface area contributed by atoms with Crippen LogP contribution in [0.15, 0.2) is 11.6 Å². The Hall–Kier alpha value is -1.96. The van der Waals surface area contributed by atoms with Gasteiger partial charge in [-0.1, -0.05) is 19.8 Å². The van der Waals surface area contributed by atoms with E-state index in [1.54, 1.807) is 17.5 Å². The molecule has 0 radical (unpaired) electrons. The molecule has 8 heteroatoms. The van der Waals surface area contributed by atoms with E-state index in [0.717, 1.165) is 29.6 Å². The molecule has 2 atom stereocenters. The Morgan fingerprint density at radius 1 is 1.31 bits per heavy atom. The number of hydrogen-bond acceptors (Lipinski definition) is 5. The van der Waals surface area contributed by atoms with E-state index < -0.39 is 0 Å². The zero-order chi connectivity index (χ0) is 18.1. The summed E-state index contributed by atoms with van der Waals surface area (Å²) in [5, 5.41) is 15.0. The van der Waals surface area contributed by atoms with Gasteiger partial charge in [0.1, 0.15) is 10.8 Å². The van der Waals surface area contributed by atoms with Crippen molar-refractivity contribution in [2.24, 2.45) is 0 Å². The van der Waals surface area contributed by atoms with Gasteiger partial charge in [-0.15, -0.1) is 21.5 Å². The van der Waals surface area contributed by atoms with Crippen molar-refractivity contribution in [3.8, 4) is 0 Å². The lowest BCUT2D eigenvalue weighted by molar-refractivity contribution is 0.155. The minimum absolute atomic E-state index is 0.0384. The van der Waals surface area contributed by atoms with E-state index in [9.17, 15) is 4.79 Å². The number of urea groups is 1. The molecule has 2 aromatic heterocycles. The number of hydrogen-bond donors (Lipinski definition) is 1. The topological polar surface area (TPSA) is 75.9 Å². The first-order valence-electron chi connectivity index (χ1n) is 9.58. The molecule has 1 saturated carbocycles. The van der Waals surface area contributed by atoms with Crippen LogP contribution in [0, 0.1) is 0 Å². The Balaban J connectivity index is 1.48. The van der Waals surface area contributed by atoms with Crippen LogP contribution >= 0.6 is 11.3 Å². The molecule has 1 aliphatic carbocycles. The van der Waals surface area contributed by atoms with Crippen molar-refractivity contribution in [2.75, 3.05) is 6.54 Å². The van der Waals surface area contributed by atoms with Crippen LogP contribution in [0.25, 0.3) is 0 Å². The van der Waals surface area contributed by atoms with E-state index in [2.05, 4.69) is 32.0 Å². The van der Waals surface area contributed by atoms with E-state index >= 15 is 0 Å². The summed E-state index contributed by atoms with van der Waals surface area (Å²) in [5.41, 5.74) is 0. The first-order chi connectivity index (χ1) is 12.7. The summed E-state index contributed by atoms with van der Waals surface area (Å²) in [7, 11) is 0. The third-order valence-corrected chi connectivity index (χ3v) is 6.54. The van der Waals surface area contributed by atoms with Gasteiger partial charge in [-0.05, 0) is 26.2 Å². The second kappa shape index (κ2) is 7.34. The molecule has 0 saturated heterocycles. The average Bonchev–Trinajstić information content (AvgIpc) is 3.40. The van der Waals surface area contributed by atoms with Crippen molar-refractivity contribution in [1.29, 1.82) is 0 Å². The number of rotatable bonds is 4. The molecule has 3 heterocycles. The number of amides is 2. The molecule has 4 rings (SSSR count). The Morgan fingerprint density at radius 2 is 2.08 bits per heavy atom. The molecule has 1 fully saturated rings. The molecule has 0 spiro atoms. The molecule has 2 aromatic rings. The predicted molar refractivity (Wildman–Crippen MR) is 100 cm³/mol. The Morgan fingerprint density at radius 3 is 2.77 bits per heavy atom. The molecule has 0 aromatic carbocycles. The van der Waals surface area contributed by atoms with Gasteiger partial charge < -0.3 is 14.8 Å². The molecule has 7 nitrogen and oxygen atoms in total. The first kappa shape index (κ1) is 17.5. The van der Waals surface area contributed by atoms with Crippen LogP contribution in [0.2, 0.25) is 0 Å². The first-order valence-corrected chi connectivity index (χ1v) is 10.5. The highest BCUT2D eigenvalue weighted by Gasteiger charge is 2.34. The van der Waals surface area contributed by atoms with Gasteiger partial charge in [-0.3, -0.25) is 0 Å². The summed E-state index contributed by atoms with van der Waals surface area (Å²) in [6.07, 6.45) is 7.60. The van der Waals surface area contributed by atoms with E-state index in [0.29, 0.717) is 12.5 Å². The molecule has 2 unspecified atom stereocenters. The van der Waals surface area contributed by atoms with E-state index in [-0.39, 0.29) is 18.1 Å². The minimum Gasteiger partial charge on any atom is -0.329 e. The van der Waals surface area contributed by atoms with E-state index in [4.69, 9.17) is 0 Å². The van der Waals surface area contributed by atoms with Crippen molar-refractivity contribution in [3.63, 3.8) is 0 Å². The van der Waals surface area contributed by atoms with Gasteiger partial charge in [0.05, 0.1) is 12.1 Å². The van der Waals surface area contributed by atoms with Gasteiger partial charge in [0, 0.05) is 30.6 Å². The zero-order valence-electron chi connectivity index (χ0n) is 15.4. The van der Waals surface area contributed by atoms with E-state index in [1.807, 2.05) is 17.2 Å². The van der Waals surface area contributed by atoms with Crippen LogP contribution in [-0.2, 0) is 6.54 Å². The molecule has 2 amide bonds. The fourth-order valence-electron chi connectivity index (χ4n) is 4.15. The highest BCUT2D eigenvalue weighted by atomic mass is 32.1. The van der Waals surface area contributed by atoms with Crippen LogP contribution < -0.4 is 5.32 Å². The number of nitrogens with zero attached hydrogens (tertiary/aromatic N) is 5. The number of fused-ring (bicyclic) bond motifs is 1. The number of carbonyl (C=O) groups is 1. The third-order valence-electron chi connectivity index (χ3n) is 5.65. The van der Waals surface area contributed by atoms with Gasteiger partial charge in [0.15, 0.2) is 5.82 Å². The normalized spacial score (nSPS) is 21.6. The summed E-state index contributed by atoms with van der Waals surface area (Å²) in [6, 6.07) is -0.153. The van der Waals surface area contributed by atoms with Crippen molar-refractivity contribution in [2.45, 2.75) is 70.5 Å². The van der Waals surface area contributed by atoms with Gasteiger partial charge in [0.2, 0.25) is 0 Å². The fourth-order valence-corrected chi connectivity index (χ4v) is 4.92. The van der Waals surface area contributed by atoms with Crippen molar-refractivity contribution in [3.05, 3.63) is 28.2 Å². The monoisotopic (exact) mass is 374 g/mol. The SMILES string of the molecule is CCC(NC(=O)N1CCn2c(C3CCCC3)nnc2C1C)c1nccs1. The summed E-state index contributed by atoms with van der Waals surface area (Å²) in [5.74, 6) is 2.58. The second-order valence-corrected chi connectivity index (χ2v) is 8.13. The standard InChI is InChI=1S/C18H26N6OS/c1-3-14(17-19-8-11-26-17)20-18(25)23-9-10-24-15(12(23)2)21-22-16(24)13-6-4-5-7-13/h8,11-14H,3-7,9-10H2,1-2H3,(H,20,25). The number of carbonyl (C=O) groups excluding carboxylic acids is 1. The molecule has 140 valence electrons. The molecule has 26 heavy (non-hydrogen) atoms. The van der Waals surface area contributed by atoms with Crippen LogP contribution in [-0.4, -0.2) is 37.2 Å². The predicted octanol–water partition coefficient (Wildman–Crippen LogP) is 3.63. The lowest BCUT2D eigenvalue weighted by atomic mass is 10.1. The lowest BCUT2D eigenvalue weighted by Crippen LogP contribution is -2.47. The highest BCUT2D eigenvalue weighted by Crippen LogP contribution is 2.35. The van der Waals surface area contributed by atoms with E-state index in [1.165, 1.54) is 25.7 Å². The van der Waals surface area contributed by atoms with Gasteiger partial charge in [-0.25, -0.2) is 9.78 Å². The average molecular weight is 375 g/mol. The summed E-state index contributed by atoms with van der Waals surface area (Å²) in [4.78, 5) is 19.1. The maximum Gasteiger partial charge on any atom is 0.318 e.